The van der Waals surface area contributed by atoms with E-state index in [0.29, 0.717) is 16.2 Å². The van der Waals surface area contributed by atoms with Gasteiger partial charge in [0.15, 0.2) is 0 Å². The summed E-state index contributed by atoms with van der Waals surface area (Å²) in [5, 5.41) is 0.962. The van der Waals surface area contributed by atoms with Gasteiger partial charge >= 0.3 is 0 Å². The molecule has 0 atom stereocenters. The Hall–Kier alpha value is -0.350. The van der Waals surface area contributed by atoms with E-state index in [1.54, 1.807) is 13.2 Å². The molecule has 2 heterocycles. The number of hydrogen-bond acceptors (Lipinski definition) is 3. The quantitative estimate of drug-likeness (QED) is 0.796. The number of piperidine rings is 1. The molecule has 18 heavy (non-hydrogen) atoms. The van der Waals surface area contributed by atoms with E-state index in [0.717, 1.165) is 31.8 Å². The summed E-state index contributed by atoms with van der Waals surface area (Å²) in [4.78, 5) is 6.47. The Morgan fingerprint density at radius 1 is 1.33 bits per heavy atom. The van der Waals surface area contributed by atoms with E-state index in [1.807, 2.05) is 6.07 Å². The maximum absolute atomic E-state index is 6.08. The van der Waals surface area contributed by atoms with Crippen LogP contribution in [0.25, 0.3) is 0 Å². The normalized spacial score (nSPS) is 18.2. The number of hydrogen-bond donors (Lipinski definition) is 0. The van der Waals surface area contributed by atoms with E-state index in [1.165, 1.54) is 12.8 Å². The fraction of sp³-hybridized carbons (Fsp3) is 0.615. The fourth-order valence-corrected chi connectivity index (χ4v) is 2.75. The van der Waals surface area contributed by atoms with Crippen molar-refractivity contribution in [2.45, 2.75) is 19.4 Å². The second kappa shape index (κ2) is 6.71. The number of ether oxygens (including phenoxy) is 1. The van der Waals surface area contributed by atoms with Gasteiger partial charge in [0.1, 0.15) is 10.3 Å². The molecule has 0 amide bonds. The van der Waals surface area contributed by atoms with Crippen molar-refractivity contribution in [1.29, 1.82) is 0 Å². The summed E-state index contributed by atoms with van der Waals surface area (Å²) in [6, 6.07) is 3.75. The van der Waals surface area contributed by atoms with Crippen molar-refractivity contribution in [3.05, 3.63) is 28.0 Å². The molecule has 0 aliphatic carbocycles. The second-order valence-electron chi connectivity index (χ2n) is 4.76. The molecule has 0 spiro atoms. The molecule has 1 fully saturated rings. The van der Waals surface area contributed by atoms with E-state index < -0.39 is 0 Å². The topological polar surface area (TPSA) is 25.4 Å². The molecule has 1 aliphatic rings. The molecule has 100 valence electrons. The highest BCUT2D eigenvalue weighted by molar-refractivity contribution is 6.32. The van der Waals surface area contributed by atoms with E-state index in [2.05, 4.69) is 9.88 Å². The Balaban J connectivity index is 1.87. The van der Waals surface area contributed by atoms with Crippen LogP contribution in [0.2, 0.25) is 10.3 Å². The smallest absolute Gasteiger partial charge is 0.135 e. The summed E-state index contributed by atoms with van der Waals surface area (Å²) >= 11 is 11.9. The van der Waals surface area contributed by atoms with E-state index in [4.69, 9.17) is 27.9 Å². The van der Waals surface area contributed by atoms with Crippen LogP contribution in [0.4, 0.5) is 0 Å². The van der Waals surface area contributed by atoms with Crippen molar-refractivity contribution in [3.8, 4) is 0 Å². The number of aromatic nitrogens is 1. The maximum Gasteiger partial charge on any atom is 0.135 e. The molecule has 1 aromatic heterocycles. The summed E-state index contributed by atoms with van der Waals surface area (Å²) in [7, 11) is 1.77. The molecule has 1 aliphatic heterocycles. The predicted molar refractivity (Wildman–Crippen MR) is 74.1 cm³/mol. The minimum atomic E-state index is 0.447. The van der Waals surface area contributed by atoms with Crippen molar-refractivity contribution >= 4 is 23.2 Å². The number of rotatable bonds is 4. The summed E-state index contributed by atoms with van der Waals surface area (Å²) in [5.74, 6) is 0.699. The first-order valence-electron chi connectivity index (χ1n) is 6.21. The molecule has 0 bridgehead atoms. The summed E-state index contributed by atoms with van der Waals surface area (Å²) in [6.07, 6.45) is 2.37. The van der Waals surface area contributed by atoms with Crippen LogP contribution in [0.3, 0.4) is 0 Å². The third-order valence-electron chi connectivity index (χ3n) is 3.40. The summed E-state index contributed by atoms with van der Waals surface area (Å²) in [5.41, 5.74) is 1.05. The largest absolute Gasteiger partial charge is 0.384 e. The van der Waals surface area contributed by atoms with Gasteiger partial charge in [0, 0.05) is 25.8 Å². The molecule has 3 nitrogen and oxygen atoms in total. The van der Waals surface area contributed by atoms with Gasteiger partial charge in [-0.2, -0.15) is 0 Å². The Morgan fingerprint density at radius 3 is 2.67 bits per heavy atom. The van der Waals surface area contributed by atoms with Gasteiger partial charge in [0.2, 0.25) is 0 Å². The Labute approximate surface area is 118 Å². The fourth-order valence-electron chi connectivity index (χ4n) is 2.35. The summed E-state index contributed by atoms with van der Waals surface area (Å²) < 4.78 is 5.20. The van der Waals surface area contributed by atoms with Crippen molar-refractivity contribution in [2.24, 2.45) is 5.92 Å². The van der Waals surface area contributed by atoms with Crippen LogP contribution in [-0.2, 0) is 11.3 Å². The molecular formula is C13H18Cl2N2O. The summed E-state index contributed by atoms with van der Waals surface area (Å²) in [6.45, 7) is 3.90. The van der Waals surface area contributed by atoms with Gasteiger partial charge < -0.3 is 4.74 Å². The molecule has 0 radical (unpaired) electrons. The first kappa shape index (κ1) is 14.1. The van der Waals surface area contributed by atoms with Gasteiger partial charge in [-0.15, -0.1) is 0 Å². The average Bonchev–Trinajstić information content (AvgIpc) is 2.35. The second-order valence-corrected chi connectivity index (χ2v) is 5.50. The van der Waals surface area contributed by atoms with Gasteiger partial charge in [-0.1, -0.05) is 29.3 Å². The van der Waals surface area contributed by atoms with E-state index in [9.17, 15) is 0 Å². The van der Waals surface area contributed by atoms with Gasteiger partial charge in [-0.3, -0.25) is 4.90 Å². The lowest BCUT2D eigenvalue weighted by Gasteiger charge is -2.31. The lowest BCUT2D eigenvalue weighted by molar-refractivity contribution is 0.0968. The van der Waals surface area contributed by atoms with Crippen molar-refractivity contribution in [2.75, 3.05) is 26.8 Å². The van der Waals surface area contributed by atoms with E-state index in [-0.39, 0.29) is 0 Å². The third kappa shape index (κ3) is 3.82. The SMILES string of the molecule is COCC1CCN(Cc2ccc(Cl)nc2Cl)CC1. The molecular weight excluding hydrogens is 271 g/mol. The zero-order valence-electron chi connectivity index (χ0n) is 10.5. The average molecular weight is 289 g/mol. The van der Waals surface area contributed by atoms with Crippen molar-refractivity contribution in [3.63, 3.8) is 0 Å². The highest BCUT2D eigenvalue weighted by Gasteiger charge is 2.19. The van der Waals surface area contributed by atoms with Gasteiger partial charge in [0.05, 0.1) is 0 Å². The molecule has 0 N–H and O–H groups in total. The van der Waals surface area contributed by atoms with Crippen molar-refractivity contribution < 1.29 is 4.74 Å². The standard InChI is InChI=1S/C13H18Cl2N2O/c1-18-9-10-4-6-17(7-5-10)8-11-2-3-12(14)16-13(11)15/h2-3,10H,4-9H2,1H3. The zero-order chi connectivity index (χ0) is 13.0. The van der Waals surface area contributed by atoms with Crippen LogP contribution in [0, 0.1) is 5.92 Å². The molecule has 1 saturated heterocycles. The Morgan fingerprint density at radius 2 is 2.06 bits per heavy atom. The van der Waals surface area contributed by atoms with Crippen LogP contribution in [0.1, 0.15) is 18.4 Å². The molecule has 0 saturated carbocycles. The van der Waals surface area contributed by atoms with Gasteiger partial charge in [-0.05, 0) is 37.9 Å². The first-order chi connectivity index (χ1) is 8.69. The van der Waals surface area contributed by atoms with Crippen LogP contribution >= 0.6 is 23.2 Å². The number of pyridine rings is 1. The van der Waals surface area contributed by atoms with Crippen LogP contribution in [0.5, 0.6) is 0 Å². The molecule has 5 heteroatoms. The highest BCUT2D eigenvalue weighted by Crippen LogP contribution is 2.22. The lowest BCUT2D eigenvalue weighted by Crippen LogP contribution is -2.34. The maximum atomic E-state index is 6.08. The molecule has 2 rings (SSSR count). The third-order valence-corrected chi connectivity index (χ3v) is 3.93. The van der Waals surface area contributed by atoms with Crippen molar-refractivity contribution in [1.82, 2.24) is 9.88 Å². The van der Waals surface area contributed by atoms with Gasteiger partial charge in [0.25, 0.3) is 0 Å². The number of halogens is 2. The first-order valence-corrected chi connectivity index (χ1v) is 6.97. The predicted octanol–water partition coefficient (Wildman–Crippen LogP) is 3.25. The minimum absolute atomic E-state index is 0.447. The van der Waals surface area contributed by atoms with Crippen LogP contribution < -0.4 is 0 Å². The van der Waals surface area contributed by atoms with Crippen LogP contribution in [0.15, 0.2) is 12.1 Å². The minimum Gasteiger partial charge on any atom is -0.384 e. The molecule has 0 aromatic carbocycles. The number of methoxy groups -OCH3 is 1. The number of likely N-dealkylation sites (tertiary alicyclic amines) is 1. The zero-order valence-corrected chi connectivity index (χ0v) is 12.0. The van der Waals surface area contributed by atoms with Crippen LogP contribution in [-0.4, -0.2) is 36.7 Å². The Kier molecular flexibility index (Phi) is 5.25. The molecule has 0 unspecified atom stereocenters. The highest BCUT2D eigenvalue weighted by atomic mass is 35.5. The number of nitrogens with zero attached hydrogens (tertiary/aromatic N) is 2. The lowest BCUT2D eigenvalue weighted by atomic mass is 9.97. The van der Waals surface area contributed by atoms with E-state index >= 15 is 0 Å². The Bertz CT molecular complexity index is 393. The monoisotopic (exact) mass is 288 g/mol. The molecule has 1 aromatic rings. The van der Waals surface area contributed by atoms with Gasteiger partial charge in [-0.25, -0.2) is 4.98 Å².